The Balaban J connectivity index is 1.32. The number of aryl methyl sites for hydroxylation is 1. The Hall–Kier alpha value is -3.87. The highest BCUT2D eigenvalue weighted by molar-refractivity contribution is 7.99. The van der Waals surface area contributed by atoms with Gasteiger partial charge in [0.05, 0.1) is 78.5 Å². The topological polar surface area (TPSA) is 177 Å². The number of methoxy groups -OCH3 is 2. The van der Waals surface area contributed by atoms with Gasteiger partial charge in [-0.15, -0.1) is 0 Å². The van der Waals surface area contributed by atoms with Crippen LogP contribution in [0, 0.1) is 6.92 Å². The normalized spacial score (nSPS) is 11.3. The number of aliphatic hydroxyl groups is 1. The Morgan fingerprint density at radius 2 is 1.27 bits per heavy atom. The van der Waals surface area contributed by atoms with E-state index in [1.54, 1.807) is 18.2 Å². The maximum Gasteiger partial charge on any atom is 0.356 e. The molecule has 0 saturated heterocycles. The summed E-state index contributed by atoms with van der Waals surface area (Å²) in [7, 11) is 2.67. The van der Waals surface area contributed by atoms with E-state index in [0.717, 1.165) is 34.9 Å². The Labute approximate surface area is 335 Å². The average molecular weight is 802 g/mol. The van der Waals surface area contributed by atoms with Gasteiger partial charge in [0.1, 0.15) is 23.7 Å². The summed E-state index contributed by atoms with van der Waals surface area (Å²) in [6.45, 7) is 9.88. The number of nitrogens with zero attached hydrogens (tertiary/aromatic N) is 4. The van der Waals surface area contributed by atoms with Crippen molar-refractivity contribution in [3.63, 3.8) is 0 Å². The number of ether oxygens (including phenoxy) is 7. The number of nitrogens with two attached hydrogens (primary N) is 1. The van der Waals surface area contributed by atoms with Gasteiger partial charge in [-0.25, -0.2) is 19.6 Å². The fraction of sp³-hybridized carbons (Fsp3) is 0.550. The second-order valence-corrected chi connectivity index (χ2v) is 13.9. The molecular formula is C40H59N5O10S. The monoisotopic (exact) mass is 801 g/mol. The van der Waals surface area contributed by atoms with Gasteiger partial charge in [0.2, 0.25) is 0 Å². The zero-order valence-electron chi connectivity index (χ0n) is 33.0. The van der Waals surface area contributed by atoms with Crippen LogP contribution in [0.15, 0.2) is 54.6 Å². The maximum atomic E-state index is 12.2. The molecule has 0 radical (unpaired) electrons. The first-order valence-electron chi connectivity index (χ1n) is 18.8. The molecule has 0 unspecified atom stereocenters. The summed E-state index contributed by atoms with van der Waals surface area (Å²) in [5.74, 6) is 1.71. The lowest BCUT2D eigenvalue weighted by Crippen LogP contribution is -2.32. The van der Waals surface area contributed by atoms with Crippen molar-refractivity contribution < 1.29 is 47.9 Å². The van der Waals surface area contributed by atoms with Gasteiger partial charge >= 0.3 is 11.9 Å². The standard InChI is InChI=1S/C40H59N5O10S/c1-32-28-35(43-38(29-32)40(48)50-3)31-45(14-18-51-17-5-26-56-27-25-54-23-24-55-36-10-8-33(41)9-11-36)15-20-53-22-21-52-19-13-44(12-16-46)30-34-6-4-7-37(42-34)39(47)49-2/h4,6-11,28-29,46H,5,12-27,30-31,41H2,1-3H3. The molecule has 56 heavy (non-hydrogen) atoms. The highest BCUT2D eigenvalue weighted by Gasteiger charge is 2.14. The highest BCUT2D eigenvalue weighted by Crippen LogP contribution is 2.13. The van der Waals surface area contributed by atoms with Gasteiger partial charge in [-0.05, 0) is 73.2 Å². The minimum absolute atomic E-state index is 0.0107. The van der Waals surface area contributed by atoms with Gasteiger partial charge in [0.25, 0.3) is 0 Å². The third kappa shape index (κ3) is 19.8. The molecule has 2 heterocycles. The molecule has 0 saturated carbocycles. The van der Waals surface area contributed by atoms with Crippen molar-refractivity contribution in [2.75, 3.05) is 124 Å². The molecule has 0 fully saturated rings. The van der Waals surface area contributed by atoms with Gasteiger partial charge in [-0.1, -0.05) is 6.07 Å². The average Bonchev–Trinajstić information content (AvgIpc) is 3.20. The predicted molar refractivity (Wildman–Crippen MR) is 215 cm³/mol. The quantitative estimate of drug-likeness (QED) is 0.0549. The number of nitrogen functional groups attached to an aromatic ring is 1. The molecule has 0 aliphatic heterocycles. The Kier molecular flexibility index (Phi) is 23.7. The molecule has 3 rings (SSSR count). The maximum absolute atomic E-state index is 12.2. The molecule has 0 spiro atoms. The molecule has 0 bridgehead atoms. The number of carbonyl (C=O) groups is 2. The van der Waals surface area contributed by atoms with Crippen LogP contribution < -0.4 is 10.5 Å². The Morgan fingerprint density at radius 3 is 1.95 bits per heavy atom. The number of aromatic nitrogens is 2. The molecule has 3 N–H and O–H groups in total. The summed E-state index contributed by atoms with van der Waals surface area (Å²) in [4.78, 5) is 37.1. The van der Waals surface area contributed by atoms with E-state index in [-0.39, 0.29) is 18.0 Å². The second kappa shape index (κ2) is 28.5. The SMILES string of the molecule is COC(=O)c1cccc(CN(CCO)CCOCCOCCN(CCOCCCSCCOCCOc2ccc(N)cc2)Cc2cc(C)cc(C(=O)OC)n2)n1. The summed E-state index contributed by atoms with van der Waals surface area (Å²) >= 11 is 1.84. The molecule has 3 aromatic rings. The second-order valence-electron chi connectivity index (χ2n) is 12.6. The number of anilines is 1. The number of hydrogen-bond donors (Lipinski definition) is 2. The molecule has 0 atom stereocenters. The largest absolute Gasteiger partial charge is 0.491 e. The zero-order chi connectivity index (χ0) is 40.2. The van der Waals surface area contributed by atoms with Crippen LogP contribution in [0.4, 0.5) is 5.69 Å². The van der Waals surface area contributed by atoms with E-state index in [1.807, 2.05) is 60.0 Å². The van der Waals surface area contributed by atoms with Crippen LogP contribution in [0.25, 0.3) is 0 Å². The van der Waals surface area contributed by atoms with E-state index >= 15 is 0 Å². The van der Waals surface area contributed by atoms with Gasteiger partial charge < -0.3 is 44.0 Å². The molecule has 15 nitrogen and oxygen atoms in total. The van der Waals surface area contributed by atoms with Gasteiger partial charge in [0.15, 0.2) is 0 Å². The van der Waals surface area contributed by atoms with E-state index < -0.39 is 11.9 Å². The van der Waals surface area contributed by atoms with Crippen molar-refractivity contribution in [2.45, 2.75) is 26.4 Å². The van der Waals surface area contributed by atoms with Crippen molar-refractivity contribution in [3.05, 3.63) is 82.9 Å². The molecule has 310 valence electrons. The van der Waals surface area contributed by atoms with Crippen LogP contribution >= 0.6 is 11.8 Å². The third-order valence-corrected chi connectivity index (χ3v) is 9.19. The van der Waals surface area contributed by atoms with Crippen LogP contribution in [0.1, 0.15) is 44.3 Å². The molecule has 2 aromatic heterocycles. The van der Waals surface area contributed by atoms with Crippen LogP contribution in [0.2, 0.25) is 0 Å². The van der Waals surface area contributed by atoms with Crippen LogP contribution in [-0.4, -0.2) is 155 Å². The first-order valence-corrected chi connectivity index (χ1v) is 20.0. The lowest BCUT2D eigenvalue weighted by molar-refractivity contribution is 0.0244. The van der Waals surface area contributed by atoms with Crippen LogP contribution in [-0.2, 0) is 41.5 Å². The minimum Gasteiger partial charge on any atom is -0.491 e. The fourth-order valence-electron chi connectivity index (χ4n) is 5.33. The molecule has 0 aliphatic rings. The molecule has 16 heteroatoms. The highest BCUT2D eigenvalue weighted by atomic mass is 32.2. The van der Waals surface area contributed by atoms with Crippen molar-refractivity contribution >= 4 is 29.4 Å². The summed E-state index contributed by atoms with van der Waals surface area (Å²) in [5.41, 5.74) is 9.33. The summed E-state index contributed by atoms with van der Waals surface area (Å²) < 4.78 is 38.6. The summed E-state index contributed by atoms with van der Waals surface area (Å²) in [6, 6.07) is 16.2. The predicted octanol–water partition coefficient (Wildman–Crippen LogP) is 3.51. The fourth-order valence-corrected chi connectivity index (χ4v) is 6.09. The smallest absolute Gasteiger partial charge is 0.356 e. The first-order chi connectivity index (χ1) is 27.3. The molecular weight excluding hydrogens is 743 g/mol. The number of rotatable bonds is 31. The molecule has 0 amide bonds. The number of hydrogen-bond acceptors (Lipinski definition) is 16. The van der Waals surface area contributed by atoms with Crippen LogP contribution in [0.5, 0.6) is 5.75 Å². The lowest BCUT2D eigenvalue weighted by atomic mass is 10.2. The van der Waals surface area contributed by atoms with E-state index in [4.69, 9.17) is 38.9 Å². The van der Waals surface area contributed by atoms with E-state index in [2.05, 4.69) is 14.9 Å². The summed E-state index contributed by atoms with van der Waals surface area (Å²) in [6.07, 6.45) is 0.938. The number of aliphatic hydroxyl groups excluding tert-OH is 1. The number of carbonyl (C=O) groups excluding carboxylic acids is 2. The molecule has 1 aromatic carbocycles. The Bertz CT molecular complexity index is 1540. The first kappa shape index (κ1) is 46.5. The Morgan fingerprint density at radius 1 is 0.679 bits per heavy atom. The van der Waals surface area contributed by atoms with Crippen molar-refractivity contribution in [2.24, 2.45) is 0 Å². The number of thioether (sulfide) groups is 1. The number of pyridine rings is 2. The van der Waals surface area contributed by atoms with Gasteiger partial charge in [0, 0.05) is 57.3 Å². The van der Waals surface area contributed by atoms with Crippen LogP contribution in [0.3, 0.4) is 0 Å². The number of benzene rings is 1. The van der Waals surface area contributed by atoms with Crippen molar-refractivity contribution in [1.82, 2.24) is 19.8 Å². The van der Waals surface area contributed by atoms with Crippen molar-refractivity contribution in [1.29, 1.82) is 0 Å². The number of esters is 2. The van der Waals surface area contributed by atoms with Crippen molar-refractivity contribution in [3.8, 4) is 5.75 Å². The van der Waals surface area contributed by atoms with Gasteiger partial charge in [-0.2, -0.15) is 11.8 Å². The van der Waals surface area contributed by atoms with Gasteiger partial charge in [-0.3, -0.25) is 9.80 Å². The molecule has 0 aliphatic carbocycles. The van der Waals surface area contributed by atoms with E-state index in [0.29, 0.717) is 110 Å². The minimum atomic E-state index is -0.492. The van der Waals surface area contributed by atoms with E-state index in [9.17, 15) is 14.7 Å². The summed E-state index contributed by atoms with van der Waals surface area (Å²) in [5, 5.41) is 9.53. The third-order valence-electron chi connectivity index (χ3n) is 8.16. The zero-order valence-corrected chi connectivity index (χ0v) is 33.8. The van der Waals surface area contributed by atoms with E-state index in [1.165, 1.54) is 14.2 Å². The lowest BCUT2D eigenvalue weighted by Gasteiger charge is -2.22.